The summed E-state index contributed by atoms with van der Waals surface area (Å²) in [6.45, 7) is 12.3. The highest BCUT2D eigenvalue weighted by Crippen LogP contribution is 2.22. The van der Waals surface area contributed by atoms with Crippen molar-refractivity contribution in [3.8, 4) is 0 Å². The van der Waals surface area contributed by atoms with E-state index in [4.69, 9.17) is 9.47 Å². The number of ether oxygens (including phenoxy) is 2. The molecule has 0 heterocycles. The van der Waals surface area contributed by atoms with Gasteiger partial charge in [-0.3, -0.25) is 0 Å². The quantitative estimate of drug-likeness (QED) is 0.737. The first-order valence-corrected chi connectivity index (χ1v) is 8.23. The average molecular weight is 320 g/mol. The Morgan fingerprint density at radius 3 is 1.65 bits per heavy atom. The molecule has 0 aromatic heterocycles. The molecule has 0 radical (unpaired) electrons. The predicted molar refractivity (Wildman–Crippen MR) is 90.9 cm³/mol. The Hall–Kier alpha value is -1.84. The van der Waals surface area contributed by atoms with Gasteiger partial charge in [0.2, 0.25) is 0 Å². The van der Waals surface area contributed by atoms with Crippen LogP contribution in [0.1, 0.15) is 73.4 Å². The molecule has 4 nitrogen and oxygen atoms in total. The lowest BCUT2D eigenvalue weighted by Gasteiger charge is -2.19. The molecule has 0 bridgehead atoms. The van der Waals surface area contributed by atoms with Crippen LogP contribution in [0.3, 0.4) is 0 Å². The molecule has 1 rings (SSSR count). The fraction of sp³-hybridized carbons (Fsp3) is 0.579. The second-order valence-corrected chi connectivity index (χ2v) is 6.73. The maximum atomic E-state index is 12.5. The standard InChI is InChI=1S/C19H28O4/c1-7-13-10-15(17(20)22-9-3)16(11-14(13)8-2)18(21)23-12-19(4,5)6/h10-11H,7-9,12H2,1-6H3. The van der Waals surface area contributed by atoms with Crippen LogP contribution in [0.2, 0.25) is 0 Å². The minimum atomic E-state index is -0.479. The van der Waals surface area contributed by atoms with Crippen LogP contribution in [0.4, 0.5) is 0 Å². The number of hydrogen-bond donors (Lipinski definition) is 0. The van der Waals surface area contributed by atoms with Gasteiger partial charge in [0, 0.05) is 0 Å². The average Bonchev–Trinajstić information content (AvgIpc) is 2.50. The molecule has 1 aromatic rings. The van der Waals surface area contributed by atoms with Crippen LogP contribution in [0.15, 0.2) is 12.1 Å². The number of esters is 2. The number of benzene rings is 1. The van der Waals surface area contributed by atoms with Gasteiger partial charge in [0.15, 0.2) is 0 Å². The molecule has 4 heteroatoms. The summed E-state index contributed by atoms with van der Waals surface area (Å²) in [7, 11) is 0. The summed E-state index contributed by atoms with van der Waals surface area (Å²) in [5.41, 5.74) is 2.57. The molecule has 0 aliphatic carbocycles. The van der Waals surface area contributed by atoms with Gasteiger partial charge in [-0.2, -0.15) is 0 Å². The second kappa shape index (κ2) is 8.14. The third kappa shape index (κ3) is 5.38. The lowest BCUT2D eigenvalue weighted by molar-refractivity contribution is 0.0354. The largest absolute Gasteiger partial charge is 0.462 e. The minimum absolute atomic E-state index is 0.128. The molecule has 0 atom stereocenters. The summed E-state index contributed by atoms with van der Waals surface area (Å²) < 4.78 is 10.5. The normalized spacial score (nSPS) is 11.2. The van der Waals surface area contributed by atoms with E-state index >= 15 is 0 Å². The van der Waals surface area contributed by atoms with E-state index < -0.39 is 11.9 Å². The lowest BCUT2D eigenvalue weighted by Crippen LogP contribution is -2.21. The molecule has 0 N–H and O–H groups in total. The molecular formula is C19H28O4. The molecule has 0 spiro atoms. The third-order valence-electron chi connectivity index (χ3n) is 3.45. The summed E-state index contributed by atoms with van der Waals surface area (Å²) in [5, 5.41) is 0. The van der Waals surface area contributed by atoms with Gasteiger partial charge in [0.05, 0.1) is 24.3 Å². The zero-order valence-corrected chi connectivity index (χ0v) is 15.1. The highest BCUT2D eigenvalue weighted by molar-refractivity contribution is 6.03. The van der Waals surface area contributed by atoms with Crippen molar-refractivity contribution >= 4 is 11.9 Å². The van der Waals surface area contributed by atoms with Gasteiger partial charge in [-0.25, -0.2) is 9.59 Å². The summed E-state index contributed by atoms with van der Waals surface area (Å²) in [5.74, 6) is -0.951. The molecule has 0 unspecified atom stereocenters. The Bertz CT molecular complexity index is 567. The van der Waals surface area contributed by atoms with E-state index in [0.29, 0.717) is 17.7 Å². The molecule has 1 aromatic carbocycles. The lowest BCUT2D eigenvalue weighted by atomic mass is 9.95. The number of carbonyl (C=O) groups is 2. The van der Waals surface area contributed by atoms with Crippen molar-refractivity contribution in [1.29, 1.82) is 0 Å². The Morgan fingerprint density at radius 1 is 0.870 bits per heavy atom. The van der Waals surface area contributed by atoms with Crippen LogP contribution < -0.4 is 0 Å². The van der Waals surface area contributed by atoms with Crippen molar-refractivity contribution < 1.29 is 19.1 Å². The zero-order chi connectivity index (χ0) is 17.6. The van der Waals surface area contributed by atoms with Crippen LogP contribution >= 0.6 is 0 Å². The van der Waals surface area contributed by atoms with Crippen LogP contribution in [-0.4, -0.2) is 25.2 Å². The van der Waals surface area contributed by atoms with E-state index in [1.54, 1.807) is 19.1 Å². The van der Waals surface area contributed by atoms with Crippen molar-refractivity contribution in [3.05, 3.63) is 34.4 Å². The number of rotatable bonds is 6. The first kappa shape index (κ1) is 19.2. The van der Waals surface area contributed by atoms with E-state index in [-0.39, 0.29) is 12.0 Å². The highest BCUT2D eigenvalue weighted by Gasteiger charge is 2.23. The predicted octanol–water partition coefficient (Wildman–Crippen LogP) is 4.19. The van der Waals surface area contributed by atoms with Gasteiger partial charge in [-0.05, 0) is 48.4 Å². The van der Waals surface area contributed by atoms with Crippen LogP contribution in [0.25, 0.3) is 0 Å². The summed E-state index contributed by atoms with van der Waals surface area (Å²) in [4.78, 5) is 24.7. The molecule has 0 aliphatic rings. The third-order valence-corrected chi connectivity index (χ3v) is 3.45. The smallest absolute Gasteiger partial charge is 0.339 e. The number of hydrogen-bond acceptors (Lipinski definition) is 4. The van der Waals surface area contributed by atoms with E-state index in [9.17, 15) is 9.59 Å². The topological polar surface area (TPSA) is 52.6 Å². The molecule has 23 heavy (non-hydrogen) atoms. The van der Waals surface area contributed by atoms with Crippen LogP contribution in [-0.2, 0) is 22.3 Å². The Labute approximate surface area is 139 Å². The van der Waals surface area contributed by atoms with Gasteiger partial charge in [0.25, 0.3) is 0 Å². The van der Waals surface area contributed by atoms with Gasteiger partial charge in [-0.1, -0.05) is 34.6 Å². The molecular weight excluding hydrogens is 292 g/mol. The SMILES string of the molecule is CCOC(=O)c1cc(CC)c(CC)cc1C(=O)OCC(C)(C)C. The van der Waals surface area contributed by atoms with Crippen LogP contribution in [0.5, 0.6) is 0 Å². The maximum Gasteiger partial charge on any atom is 0.339 e. The molecule has 0 saturated carbocycles. The van der Waals surface area contributed by atoms with Gasteiger partial charge >= 0.3 is 11.9 Å². The number of aryl methyl sites for hydroxylation is 2. The van der Waals surface area contributed by atoms with Crippen molar-refractivity contribution in [3.63, 3.8) is 0 Å². The minimum Gasteiger partial charge on any atom is -0.462 e. The Morgan fingerprint density at radius 2 is 1.30 bits per heavy atom. The number of carbonyl (C=O) groups excluding carboxylic acids is 2. The fourth-order valence-electron chi connectivity index (χ4n) is 2.25. The molecule has 0 fully saturated rings. The highest BCUT2D eigenvalue weighted by atomic mass is 16.5. The summed E-state index contributed by atoms with van der Waals surface area (Å²) in [6, 6.07) is 3.54. The van der Waals surface area contributed by atoms with E-state index in [1.807, 2.05) is 34.6 Å². The molecule has 128 valence electrons. The van der Waals surface area contributed by atoms with Crippen molar-refractivity contribution in [2.45, 2.75) is 54.4 Å². The van der Waals surface area contributed by atoms with Gasteiger partial charge in [0.1, 0.15) is 0 Å². The second-order valence-electron chi connectivity index (χ2n) is 6.73. The fourth-order valence-corrected chi connectivity index (χ4v) is 2.25. The van der Waals surface area contributed by atoms with Crippen molar-refractivity contribution in [2.75, 3.05) is 13.2 Å². The van der Waals surface area contributed by atoms with E-state index in [2.05, 4.69) is 0 Å². The molecule has 0 amide bonds. The summed E-state index contributed by atoms with van der Waals surface area (Å²) >= 11 is 0. The summed E-state index contributed by atoms with van der Waals surface area (Å²) in [6.07, 6.45) is 1.60. The zero-order valence-electron chi connectivity index (χ0n) is 15.1. The Balaban J connectivity index is 3.25. The molecule has 0 aliphatic heterocycles. The molecule has 0 saturated heterocycles. The van der Waals surface area contributed by atoms with Crippen molar-refractivity contribution in [2.24, 2.45) is 5.41 Å². The van der Waals surface area contributed by atoms with Gasteiger partial charge in [-0.15, -0.1) is 0 Å². The first-order chi connectivity index (χ1) is 10.7. The van der Waals surface area contributed by atoms with E-state index in [0.717, 1.165) is 24.0 Å². The first-order valence-electron chi connectivity index (χ1n) is 8.23. The van der Waals surface area contributed by atoms with Crippen LogP contribution in [0, 0.1) is 5.41 Å². The van der Waals surface area contributed by atoms with Crippen molar-refractivity contribution in [1.82, 2.24) is 0 Å². The van der Waals surface area contributed by atoms with E-state index in [1.165, 1.54) is 0 Å². The van der Waals surface area contributed by atoms with Gasteiger partial charge < -0.3 is 9.47 Å². The Kier molecular flexibility index (Phi) is 6.79. The monoisotopic (exact) mass is 320 g/mol. The maximum absolute atomic E-state index is 12.5.